The molecule has 1 aromatic rings. The molecule has 1 saturated heterocycles. The lowest BCUT2D eigenvalue weighted by Gasteiger charge is -2.35. The van der Waals surface area contributed by atoms with Gasteiger partial charge >= 0.3 is 0 Å². The Balaban J connectivity index is 1.83. The van der Waals surface area contributed by atoms with E-state index in [0.29, 0.717) is 0 Å². The first-order valence-electron chi connectivity index (χ1n) is 6.14. The van der Waals surface area contributed by atoms with Crippen molar-refractivity contribution in [1.29, 1.82) is 5.26 Å². The predicted molar refractivity (Wildman–Crippen MR) is 69.1 cm³/mol. The first-order valence-corrected chi connectivity index (χ1v) is 6.14. The van der Waals surface area contributed by atoms with Crippen LogP contribution >= 0.6 is 0 Å². The van der Waals surface area contributed by atoms with Gasteiger partial charge in [0.25, 0.3) is 0 Å². The monoisotopic (exact) mass is 246 g/mol. The summed E-state index contributed by atoms with van der Waals surface area (Å²) in [5.74, 6) is 0.794. The maximum Gasteiger partial charge on any atom is 0.225 e. The van der Waals surface area contributed by atoms with E-state index in [4.69, 9.17) is 5.26 Å². The average molecular weight is 246 g/mol. The summed E-state index contributed by atoms with van der Waals surface area (Å²) in [6.45, 7) is 4.48. The summed E-state index contributed by atoms with van der Waals surface area (Å²) in [5.41, 5.74) is 0. The predicted octanol–water partition coefficient (Wildman–Crippen LogP) is -0.290. The van der Waals surface area contributed by atoms with Crippen LogP contribution in [0.3, 0.4) is 0 Å². The molecule has 0 radical (unpaired) electrons. The van der Waals surface area contributed by atoms with Gasteiger partial charge in [-0.05, 0) is 13.1 Å². The van der Waals surface area contributed by atoms with Crippen LogP contribution < -0.4 is 10.2 Å². The van der Waals surface area contributed by atoms with E-state index in [9.17, 15) is 0 Å². The molecule has 1 fully saturated rings. The Kier molecular flexibility index (Phi) is 4.45. The van der Waals surface area contributed by atoms with Crippen molar-refractivity contribution in [3.05, 3.63) is 18.5 Å². The molecular formula is C12H18N6. The zero-order valence-corrected chi connectivity index (χ0v) is 10.6. The number of piperazine rings is 1. The number of rotatable bonds is 4. The summed E-state index contributed by atoms with van der Waals surface area (Å²) in [6.07, 6.45) is 3.53. The molecule has 0 bridgehead atoms. The Morgan fingerprint density at radius 3 is 2.56 bits per heavy atom. The molecule has 0 aromatic carbocycles. The second-order valence-electron chi connectivity index (χ2n) is 4.31. The second kappa shape index (κ2) is 6.28. The lowest BCUT2D eigenvalue weighted by atomic mass is 10.2. The van der Waals surface area contributed by atoms with Crippen LogP contribution in [0.4, 0.5) is 5.95 Å². The third kappa shape index (κ3) is 3.15. The molecule has 0 saturated carbocycles. The fourth-order valence-corrected chi connectivity index (χ4v) is 2.04. The minimum Gasteiger partial charge on any atom is -0.338 e. The number of anilines is 1. The summed E-state index contributed by atoms with van der Waals surface area (Å²) in [5, 5.41) is 11.9. The summed E-state index contributed by atoms with van der Waals surface area (Å²) in [4.78, 5) is 13.0. The standard InChI is InChI=1S/C12H18N6/c1-14-11(9-13)10-17-5-7-18(8-6-17)12-15-3-2-4-16-12/h2-4,11,14H,5-8,10H2,1H3. The minimum absolute atomic E-state index is 0.0930. The van der Waals surface area contributed by atoms with Gasteiger partial charge in [0.2, 0.25) is 5.95 Å². The lowest BCUT2D eigenvalue weighted by Crippen LogP contribution is -2.50. The number of hydrogen-bond acceptors (Lipinski definition) is 6. The van der Waals surface area contributed by atoms with E-state index >= 15 is 0 Å². The number of nitrogens with zero attached hydrogens (tertiary/aromatic N) is 5. The van der Waals surface area contributed by atoms with Crippen molar-refractivity contribution in [3.8, 4) is 6.07 Å². The number of hydrogen-bond donors (Lipinski definition) is 1. The van der Waals surface area contributed by atoms with E-state index in [-0.39, 0.29) is 6.04 Å². The Bertz CT molecular complexity index is 393. The van der Waals surface area contributed by atoms with E-state index in [1.54, 1.807) is 12.4 Å². The average Bonchev–Trinajstić information content (AvgIpc) is 2.46. The number of aromatic nitrogens is 2. The van der Waals surface area contributed by atoms with Gasteiger partial charge in [0.05, 0.1) is 6.07 Å². The number of likely N-dealkylation sites (N-methyl/N-ethyl adjacent to an activating group) is 1. The van der Waals surface area contributed by atoms with Crippen LogP contribution in [0.2, 0.25) is 0 Å². The summed E-state index contributed by atoms with van der Waals surface area (Å²) >= 11 is 0. The summed E-state index contributed by atoms with van der Waals surface area (Å²) in [7, 11) is 1.82. The molecule has 1 aliphatic heterocycles. The molecule has 6 nitrogen and oxygen atoms in total. The van der Waals surface area contributed by atoms with Gasteiger partial charge < -0.3 is 10.2 Å². The van der Waals surface area contributed by atoms with Crippen LogP contribution in [0, 0.1) is 11.3 Å². The summed E-state index contributed by atoms with van der Waals surface area (Å²) in [6, 6.07) is 3.98. The molecule has 18 heavy (non-hydrogen) atoms. The second-order valence-corrected chi connectivity index (χ2v) is 4.31. The van der Waals surface area contributed by atoms with E-state index in [1.807, 2.05) is 13.1 Å². The van der Waals surface area contributed by atoms with Gasteiger partial charge in [-0.25, -0.2) is 9.97 Å². The first-order chi connectivity index (χ1) is 8.83. The lowest BCUT2D eigenvalue weighted by molar-refractivity contribution is 0.245. The van der Waals surface area contributed by atoms with Gasteiger partial charge in [-0.2, -0.15) is 5.26 Å². The van der Waals surface area contributed by atoms with Gasteiger partial charge in [-0.1, -0.05) is 0 Å². The van der Waals surface area contributed by atoms with Gasteiger partial charge in [0.1, 0.15) is 6.04 Å². The molecule has 1 N–H and O–H groups in total. The van der Waals surface area contributed by atoms with Crippen molar-refractivity contribution in [2.24, 2.45) is 0 Å². The molecule has 0 aliphatic carbocycles. The molecule has 1 unspecified atom stereocenters. The van der Waals surface area contributed by atoms with Crippen LogP contribution in [-0.4, -0.2) is 60.7 Å². The third-order valence-corrected chi connectivity index (χ3v) is 3.15. The number of nitrogens with one attached hydrogen (secondary N) is 1. The smallest absolute Gasteiger partial charge is 0.225 e. The maximum atomic E-state index is 8.92. The van der Waals surface area contributed by atoms with Crippen molar-refractivity contribution in [3.63, 3.8) is 0 Å². The fourth-order valence-electron chi connectivity index (χ4n) is 2.04. The van der Waals surface area contributed by atoms with Crippen LogP contribution in [0.25, 0.3) is 0 Å². The summed E-state index contributed by atoms with van der Waals surface area (Å²) < 4.78 is 0. The minimum atomic E-state index is -0.0930. The zero-order chi connectivity index (χ0) is 12.8. The van der Waals surface area contributed by atoms with Crippen LogP contribution in [0.15, 0.2) is 18.5 Å². The van der Waals surface area contributed by atoms with Crippen LogP contribution in [-0.2, 0) is 0 Å². The zero-order valence-electron chi connectivity index (χ0n) is 10.6. The van der Waals surface area contributed by atoms with E-state index in [1.165, 1.54) is 0 Å². The highest BCUT2D eigenvalue weighted by atomic mass is 15.3. The SMILES string of the molecule is CNC(C#N)CN1CCN(c2ncccn2)CC1. The highest BCUT2D eigenvalue weighted by molar-refractivity contribution is 5.29. The Morgan fingerprint density at radius 2 is 2.00 bits per heavy atom. The maximum absolute atomic E-state index is 8.92. The molecule has 2 rings (SSSR count). The van der Waals surface area contributed by atoms with Gasteiger partial charge in [0, 0.05) is 45.1 Å². The Hall–Kier alpha value is -1.71. The number of nitriles is 1. The van der Waals surface area contributed by atoms with Gasteiger partial charge in [-0.15, -0.1) is 0 Å². The van der Waals surface area contributed by atoms with Crippen LogP contribution in [0.5, 0.6) is 0 Å². The molecule has 96 valence electrons. The Labute approximate surface area is 107 Å². The van der Waals surface area contributed by atoms with Crippen LogP contribution in [0.1, 0.15) is 0 Å². The molecule has 1 aliphatic rings. The van der Waals surface area contributed by atoms with E-state index in [0.717, 1.165) is 38.7 Å². The molecule has 1 aromatic heterocycles. The molecular weight excluding hydrogens is 228 g/mol. The van der Waals surface area contributed by atoms with Crippen molar-refractivity contribution in [1.82, 2.24) is 20.2 Å². The fraction of sp³-hybridized carbons (Fsp3) is 0.583. The quantitative estimate of drug-likeness (QED) is 0.787. The van der Waals surface area contributed by atoms with Crippen molar-refractivity contribution >= 4 is 5.95 Å². The van der Waals surface area contributed by atoms with E-state index in [2.05, 4.69) is 31.2 Å². The largest absolute Gasteiger partial charge is 0.338 e. The molecule has 2 heterocycles. The molecule has 0 spiro atoms. The third-order valence-electron chi connectivity index (χ3n) is 3.15. The highest BCUT2D eigenvalue weighted by Gasteiger charge is 2.20. The molecule has 6 heteroatoms. The van der Waals surface area contributed by atoms with Crippen molar-refractivity contribution in [2.45, 2.75) is 6.04 Å². The first kappa shape index (κ1) is 12.7. The van der Waals surface area contributed by atoms with E-state index < -0.39 is 0 Å². The topological polar surface area (TPSA) is 68.1 Å². The molecule has 1 atom stereocenters. The Morgan fingerprint density at radius 1 is 1.33 bits per heavy atom. The van der Waals surface area contributed by atoms with Crippen molar-refractivity contribution in [2.75, 3.05) is 44.7 Å². The van der Waals surface area contributed by atoms with Gasteiger partial charge in [0.15, 0.2) is 0 Å². The highest BCUT2D eigenvalue weighted by Crippen LogP contribution is 2.09. The normalized spacial score (nSPS) is 18.3. The molecule has 0 amide bonds. The van der Waals surface area contributed by atoms with Gasteiger partial charge in [-0.3, -0.25) is 4.90 Å². The van der Waals surface area contributed by atoms with Crippen molar-refractivity contribution < 1.29 is 0 Å².